The van der Waals surface area contributed by atoms with Gasteiger partial charge in [-0.1, -0.05) is 18.2 Å². The van der Waals surface area contributed by atoms with Crippen molar-refractivity contribution in [3.8, 4) is 0 Å². The van der Waals surface area contributed by atoms with E-state index in [-0.39, 0.29) is 6.10 Å². The lowest BCUT2D eigenvalue weighted by atomic mass is 9.95. The number of aliphatic hydroxyl groups excluding tert-OH is 1. The minimum Gasteiger partial charge on any atom is -0.393 e. The second kappa shape index (κ2) is 6.35. The maximum absolute atomic E-state index is 10.2. The van der Waals surface area contributed by atoms with E-state index in [9.17, 15) is 5.11 Å². The monoisotopic (exact) mass is 248 g/mol. The predicted molar refractivity (Wildman–Crippen MR) is 73.8 cm³/mol. The molecule has 1 aliphatic rings. The standard InChI is InChI=1S/C16H24O2/c1-12-5-3-6-13(2)16(12)11-14(17)8-9-15-7-4-10-18-15/h3,5-6,14-15,17H,4,7-11H2,1-2H3. The summed E-state index contributed by atoms with van der Waals surface area (Å²) in [4.78, 5) is 0. The Morgan fingerprint density at radius 2 is 2.06 bits per heavy atom. The van der Waals surface area contributed by atoms with Crippen molar-refractivity contribution in [2.45, 2.75) is 58.2 Å². The van der Waals surface area contributed by atoms with Gasteiger partial charge in [-0.05, 0) is 62.6 Å². The van der Waals surface area contributed by atoms with Crippen molar-refractivity contribution < 1.29 is 9.84 Å². The second-order valence-electron chi connectivity index (χ2n) is 5.44. The van der Waals surface area contributed by atoms with Crippen LogP contribution in [0.15, 0.2) is 18.2 Å². The van der Waals surface area contributed by atoms with Crippen molar-refractivity contribution >= 4 is 0 Å². The Morgan fingerprint density at radius 3 is 2.67 bits per heavy atom. The highest BCUT2D eigenvalue weighted by Crippen LogP contribution is 2.21. The number of aliphatic hydroxyl groups is 1. The highest BCUT2D eigenvalue weighted by molar-refractivity contribution is 5.33. The summed E-state index contributed by atoms with van der Waals surface area (Å²) in [6, 6.07) is 6.32. The first-order chi connectivity index (χ1) is 8.66. The first-order valence-electron chi connectivity index (χ1n) is 7.01. The molecule has 1 saturated heterocycles. The zero-order valence-corrected chi connectivity index (χ0v) is 11.5. The summed E-state index contributed by atoms with van der Waals surface area (Å²) < 4.78 is 5.59. The van der Waals surface area contributed by atoms with Crippen LogP contribution in [0.2, 0.25) is 0 Å². The average Bonchev–Trinajstić information content (AvgIpc) is 2.84. The third kappa shape index (κ3) is 3.56. The summed E-state index contributed by atoms with van der Waals surface area (Å²) >= 11 is 0. The molecular weight excluding hydrogens is 224 g/mol. The van der Waals surface area contributed by atoms with Crippen molar-refractivity contribution in [2.75, 3.05) is 6.61 Å². The molecule has 2 heteroatoms. The maximum Gasteiger partial charge on any atom is 0.0581 e. The van der Waals surface area contributed by atoms with Gasteiger partial charge in [-0.3, -0.25) is 0 Å². The SMILES string of the molecule is Cc1cccc(C)c1CC(O)CCC1CCCO1. The third-order valence-electron chi connectivity index (χ3n) is 3.93. The number of aryl methyl sites for hydroxylation is 2. The van der Waals surface area contributed by atoms with Gasteiger partial charge in [0.15, 0.2) is 0 Å². The molecule has 0 saturated carbocycles. The molecular formula is C16H24O2. The lowest BCUT2D eigenvalue weighted by Gasteiger charge is -2.16. The van der Waals surface area contributed by atoms with Gasteiger partial charge in [0.2, 0.25) is 0 Å². The van der Waals surface area contributed by atoms with Gasteiger partial charge in [0.05, 0.1) is 12.2 Å². The largest absolute Gasteiger partial charge is 0.393 e. The lowest BCUT2D eigenvalue weighted by Crippen LogP contribution is -2.16. The molecule has 1 N–H and O–H groups in total. The van der Waals surface area contributed by atoms with E-state index in [0.717, 1.165) is 32.3 Å². The van der Waals surface area contributed by atoms with E-state index in [1.165, 1.54) is 23.1 Å². The normalized spacial score (nSPS) is 21.2. The number of rotatable bonds is 5. The molecule has 2 nitrogen and oxygen atoms in total. The van der Waals surface area contributed by atoms with E-state index >= 15 is 0 Å². The van der Waals surface area contributed by atoms with E-state index < -0.39 is 0 Å². The number of hydrogen-bond donors (Lipinski definition) is 1. The maximum atomic E-state index is 10.2. The van der Waals surface area contributed by atoms with Gasteiger partial charge in [0.25, 0.3) is 0 Å². The molecule has 0 amide bonds. The van der Waals surface area contributed by atoms with Crippen molar-refractivity contribution in [3.63, 3.8) is 0 Å². The molecule has 1 fully saturated rings. The fourth-order valence-electron chi connectivity index (χ4n) is 2.76. The van der Waals surface area contributed by atoms with Gasteiger partial charge in [-0.25, -0.2) is 0 Å². The Morgan fingerprint density at radius 1 is 1.33 bits per heavy atom. The number of ether oxygens (including phenoxy) is 1. The Bertz CT molecular complexity index is 360. The molecule has 2 atom stereocenters. The van der Waals surface area contributed by atoms with E-state index in [1.54, 1.807) is 0 Å². The second-order valence-corrected chi connectivity index (χ2v) is 5.44. The van der Waals surface area contributed by atoms with Crippen molar-refractivity contribution in [2.24, 2.45) is 0 Å². The zero-order valence-electron chi connectivity index (χ0n) is 11.5. The molecule has 100 valence electrons. The molecule has 1 heterocycles. The molecule has 2 rings (SSSR count). The molecule has 0 aromatic heterocycles. The average molecular weight is 248 g/mol. The Labute approximate surface area is 110 Å². The van der Waals surface area contributed by atoms with Crippen LogP contribution in [0, 0.1) is 13.8 Å². The molecule has 0 bridgehead atoms. The summed E-state index contributed by atoms with van der Waals surface area (Å²) in [5.41, 5.74) is 3.87. The fourth-order valence-corrected chi connectivity index (χ4v) is 2.76. The molecule has 0 radical (unpaired) electrons. The van der Waals surface area contributed by atoms with Crippen LogP contribution in [0.4, 0.5) is 0 Å². The zero-order chi connectivity index (χ0) is 13.0. The molecule has 1 aromatic rings. The molecule has 2 unspecified atom stereocenters. The van der Waals surface area contributed by atoms with Crippen LogP contribution in [-0.4, -0.2) is 23.9 Å². The quantitative estimate of drug-likeness (QED) is 0.867. The Balaban J connectivity index is 1.84. The smallest absolute Gasteiger partial charge is 0.0581 e. The lowest BCUT2D eigenvalue weighted by molar-refractivity contribution is 0.0812. The van der Waals surface area contributed by atoms with Crippen LogP contribution in [0.3, 0.4) is 0 Å². The van der Waals surface area contributed by atoms with Gasteiger partial charge >= 0.3 is 0 Å². The van der Waals surface area contributed by atoms with Crippen LogP contribution in [0.5, 0.6) is 0 Å². The highest BCUT2D eigenvalue weighted by Gasteiger charge is 2.17. The first kappa shape index (κ1) is 13.6. The van der Waals surface area contributed by atoms with Crippen LogP contribution >= 0.6 is 0 Å². The molecule has 1 aromatic carbocycles. The van der Waals surface area contributed by atoms with Gasteiger partial charge < -0.3 is 9.84 Å². The van der Waals surface area contributed by atoms with E-state index in [1.807, 2.05) is 0 Å². The molecule has 18 heavy (non-hydrogen) atoms. The number of benzene rings is 1. The van der Waals surface area contributed by atoms with Crippen LogP contribution in [-0.2, 0) is 11.2 Å². The summed E-state index contributed by atoms with van der Waals surface area (Å²) in [6.45, 7) is 5.14. The molecule has 0 spiro atoms. The first-order valence-corrected chi connectivity index (χ1v) is 7.01. The number of hydrogen-bond acceptors (Lipinski definition) is 2. The van der Waals surface area contributed by atoms with Crippen molar-refractivity contribution in [1.29, 1.82) is 0 Å². The van der Waals surface area contributed by atoms with Crippen molar-refractivity contribution in [1.82, 2.24) is 0 Å². The summed E-state index contributed by atoms with van der Waals surface area (Å²) in [5, 5.41) is 10.2. The minimum absolute atomic E-state index is 0.242. The minimum atomic E-state index is -0.242. The van der Waals surface area contributed by atoms with Gasteiger partial charge in [0, 0.05) is 6.61 Å². The molecule has 1 aliphatic heterocycles. The fraction of sp³-hybridized carbons (Fsp3) is 0.625. The highest BCUT2D eigenvalue weighted by atomic mass is 16.5. The van der Waals surface area contributed by atoms with E-state index in [4.69, 9.17) is 4.74 Å². The Hall–Kier alpha value is -0.860. The van der Waals surface area contributed by atoms with Crippen LogP contribution in [0.25, 0.3) is 0 Å². The topological polar surface area (TPSA) is 29.5 Å². The van der Waals surface area contributed by atoms with Crippen LogP contribution in [0.1, 0.15) is 42.4 Å². The van der Waals surface area contributed by atoms with Crippen molar-refractivity contribution in [3.05, 3.63) is 34.9 Å². The van der Waals surface area contributed by atoms with E-state index in [0.29, 0.717) is 6.10 Å². The van der Waals surface area contributed by atoms with Crippen LogP contribution < -0.4 is 0 Å². The summed E-state index contributed by atoms with van der Waals surface area (Å²) in [5.74, 6) is 0. The van der Waals surface area contributed by atoms with Gasteiger partial charge in [-0.2, -0.15) is 0 Å². The molecule has 0 aliphatic carbocycles. The van der Waals surface area contributed by atoms with Gasteiger partial charge in [0.1, 0.15) is 0 Å². The summed E-state index contributed by atoms with van der Waals surface area (Å²) in [7, 11) is 0. The van der Waals surface area contributed by atoms with E-state index in [2.05, 4.69) is 32.0 Å². The Kier molecular flexibility index (Phi) is 4.79. The van der Waals surface area contributed by atoms with Gasteiger partial charge in [-0.15, -0.1) is 0 Å². The predicted octanol–water partition coefficient (Wildman–Crippen LogP) is 3.17. The summed E-state index contributed by atoms with van der Waals surface area (Å²) in [6.07, 6.45) is 5.09. The third-order valence-corrected chi connectivity index (χ3v) is 3.93.